The van der Waals surface area contributed by atoms with Gasteiger partial charge in [0.05, 0.1) is 15.6 Å². The molecule has 3 rings (SSSR count). The molecule has 28 heavy (non-hydrogen) atoms. The zero-order valence-electron chi connectivity index (χ0n) is 15.4. The first-order chi connectivity index (χ1) is 13.4. The molecule has 148 valence electrons. The topological polar surface area (TPSA) is 88.0 Å². The maximum absolute atomic E-state index is 12.1. The molecule has 0 atom stereocenters. The molecule has 0 aliphatic carbocycles. The quantitative estimate of drug-likeness (QED) is 0.588. The highest BCUT2D eigenvalue weighted by atomic mass is 35.5. The van der Waals surface area contributed by atoms with Gasteiger partial charge >= 0.3 is 5.69 Å². The first kappa shape index (κ1) is 19.9. The van der Waals surface area contributed by atoms with E-state index in [0.717, 1.165) is 31.9 Å². The fraction of sp³-hybridized carbons (Fsp3) is 0.316. The Kier molecular flexibility index (Phi) is 6.33. The Balaban J connectivity index is 1.59. The van der Waals surface area contributed by atoms with Crippen molar-refractivity contribution < 1.29 is 14.5 Å². The predicted molar refractivity (Wildman–Crippen MR) is 108 cm³/mol. The van der Waals surface area contributed by atoms with E-state index in [0.29, 0.717) is 10.7 Å². The zero-order valence-corrected chi connectivity index (χ0v) is 16.2. The van der Waals surface area contributed by atoms with Gasteiger partial charge in [0, 0.05) is 37.9 Å². The smallest absolute Gasteiger partial charge is 0.310 e. The first-order valence-electron chi connectivity index (χ1n) is 8.83. The molecule has 1 heterocycles. The van der Waals surface area contributed by atoms with E-state index >= 15 is 0 Å². The number of hydrogen-bond donors (Lipinski definition) is 1. The average molecular weight is 405 g/mol. The molecule has 0 aromatic heterocycles. The summed E-state index contributed by atoms with van der Waals surface area (Å²) in [6, 6.07) is 11.3. The second-order valence-corrected chi connectivity index (χ2v) is 6.93. The summed E-state index contributed by atoms with van der Waals surface area (Å²) in [4.78, 5) is 27.0. The van der Waals surface area contributed by atoms with Crippen LogP contribution >= 0.6 is 11.6 Å². The number of ether oxygens (including phenoxy) is 1. The van der Waals surface area contributed by atoms with Crippen LogP contribution in [0.5, 0.6) is 5.75 Å². The second kappa shape index (κ2) is 8.90. The number of likely N-dealkylation sites (N-methyl/N-ethyl adjacent to an activating group) is 1. The highest BCUT2D eigenvalue weighted by Gasteiger charge is 2.18. The Hall–Kier alpha value is -2.84. The van der Waals surface area contributed by atoms with Crippen LogP contribution in [0.3, 0.4) is 0 Å². The fourth-order valence-electron chi connectivity index (χ4n) is 2.96. The molecule has 0 spiro atoms. The van der Waals surface area contributed by atoms with Gasteiger partial charge in [0.15, 0.2) is 12.4 Å². The van der Waals surface area contributed by atoms with Crippen LogP contribution in [-0.2, 0) is 4.79 Å². The number of nitro benzene ring substituents is 1. The molecule has 0 saturated carbocycles. The molecular formula is C19H21ClN4O4. The van der Waals surface area contributed by atoms with Crippen molar-refractivity contribution in [1.29, 1.82) is 0 Å². The largest absolute Gasteiger partial charge is 0.477 e. The second-order valence-electron chi connectivity index (χ2n) is 6.52. The number of piperazine rings is 1. The number of rotatable bonds is 6. The third-order valence-corrected chi connectivity index (χ3v) is 4.80. The number of carbonyl (C=O) groups excluding carboxylic acids is 1. The van der Waals surface area contributed by atoms with Crippen molar-refractivity contribution in [1.82, 2.24) is 4.90 Å². The third kappa shape index (κ3) is 4.90. The van der Waals surface area contributed by atoms with E-state index < -0.39 is 10.8 Å². The zero-order chi connectivity index (χ0) is 20.1. The molecule has 1 amide bonds. The Bertz CT molecular complexity index is 869. The lowest BCUT2D eigenvalue weighted by molar-refractivity contribution is -0.385. The highest BCUT2D eigenvalue weighted by molar-refractivity contribution is 6.33. The number of nitrogens with zero attached hydrogens (tertiary/aromatic N) is 3. The van der Waals surface area contributed by atoms with Gasteiger partial charge in [0.2, 0.25) is 0 Å². The molecule has 0 unspecified atom stereocenters. The molecule has 1 aliphatic heterocycles. The van der Waals surface area contributed by atoms with Crippen molar-refractivity contribution in [3.05, 3.63) is 57.6 Å². The lowest BCUT2D eigenvalue weighted by Crippen LogP contribution is -2.44. The number of anilines is 2. The van der Waals surface area contributed by atoms with Gasteiger partial charge < -0.3 is 19.9 Å². The molecule has 2 aromatic rings. The maximum atomic E-state index is 12.1. The standard InChI is InChI=1S/C19H21ClN4O4/c1-22-8-10-23(11-9-22)16-7-6-14(12-15(16)20)21-19(25)13-28-18-5-3-2-4-17(18)24(26)27/h2-7,12H,8-11,13H2,1H3,(H,21,25). The molecule has 1 saturated heterocycles. The molecular weight excluding hydrogens is 384 g/mol. The lowest BCUT2D eigenvalue weighted by Gasteiger charge is -2.34. The van der Waals surface area contributed by atoms with Gasteiger partial charge in [-0.05, 0) is 31.3 Å². The molecule has 1 N–H and O–H groups in total. The fourth-order valence-corrected chi connectivity index (χ4v) is 3.26. The molecule has 1 fully saturated rings. The monoisotopic (exact) mass is 404 g/mol. The highest BCUT2D eigenvalue weighted by Crippen LogP contribution is 2.30. The van der Waals surface area contributed by atoms with E-state index in [9.17, 15) is 14.9 Å². The van der Waals surface area contributed by atoms with Crippen molar-refractivity contribution in [2.75, 3.05) is 50.1 Å². The minimum atomic E-state index is -0.551. The van der Waals surface area contributed by atoms with E-state index in [-0.39, 0.29) is 18.0 Å². The SMILES string of the molecule is CN1CCN(c2ccc(NC(=O)COc3ccccc3[N+](=O)[O-])cc2Cl)CC1. The summed E-state index contributed by atoms with van der Waals surface area (Å²) < 4.78 is 5.29. The van der Waals surface area contributed by atoms with Gasteiger partial charge in [-0.1, -0.05) is 23.7 Å². The van der Waals surface area contributed by atoms with Gasteiger partial charge in [-0.3, -0.25) is 14.9 Å². The number of halogens is 1. The van der Waals surface area contributed by atoms with Crippen molar-refractivity contribution in [2.24, 2.45) is 0 Å². The van der Waals surface area contributed by atoms with E-state index in [1.165, 1.54) is 18.2 Å². The van der Waals surface area contributed by atoms with E-state index in [1.54, 1.807) is 18.2 Å². The van der Waals surface area contributed by atoms with Gasteiger partial charge in [-0.25, -0.2) is 0 Å². The summed E-state index contributed by atoms with van der Waals surface area (Å²) in [5.74, 6) is -0.382. The van der Waals surface area contributed by atoms with Crippen LogP contribution in [0.2, 0.25) is 5.02 Å². The minimum absolute atomic E-state index is 0.0473. The summed E-state index contributed by atoms with van der Waals surface area (Å²) in [7, 11) is 2.09. The number of nitrogens with one attached hydrogen (secondary N) is 1. The Morgan fingerprint density at radius 2 is 1.93 bits per heavy atom. The van der Waals surface area contributed by atoms with Gasteiger partial charge in [-0.2, -0.15) is 0 Å². The third-order valence-electron chi connectivity index (χ3n) is 4.50. The normalized spacial score (nSPS) is 14.6. The Morgan fingerprint density at radius 3 is 2.61 bits per heavy atom. The van der Waals surface area contributed by atoms with E-state index in [1.807, 2.05) is 6.07 Å². The van der Waals surface area contributed by atoms with Crippen LogP contribution in [0, 0.1) is 10.1 Å². The van der Waals surface area contributed by atoms with Crippen LogP contribution in [0.4, 0.5) is 17.1 Å². The first-order valence-corrected chi connectivity index (χ1v) is 9.21. The van der Waals surface area contributed by atoms with Crippen LogP contribution in [0.1, 0.15) is 0 Å². The summed E-state index contributed by atoms with van der Waals surface area (Å²) in [6.07, 6.45) is 0. The molecule has 8 nitrogen and oxygen atoms in total. The van der Waals surface area contributed by atoms with E-state index in [2.05, 4.69) is 22.2 Å². The molecule has 0 bridgehead atoms. The predicted octanol–water partition coefficient (Wildman–Crippen LogP) is 3.02. The molecule has 1 aliphatic rings. The number of hydrogen-bond acceptors (Lipinski definition) is 6. The van der Waals surface area contributed by atoms with Crippen molar-refractivity contribution >= 4 is 34.6 Å². The van der Waals surface area contributed by atoms with Crippen LogP contribution in [0.15, 0.2) is 42.5 Å². The Morgan fingerprint density at radius 1 is 1.21 bits per heavy atom. The number of para-hydroxylation sites is 2. The lowest BCUT2D eigenvalue weighted by atomic mass is 10.2. The van der Waals surface area contributed by atoms with Gasteiger partial charge in [-0.15, -0.1) is 0 Å². The Labute approximate surface area is 167 Å². The number of amides is 1. The van der Waals surface area contributed by atoms with E-state index in [4.69, 9.17) is 16.3 Å². The van der Waals surface area contributed by atoms with Crippen LogP contribution in [0.25, 0.3) is 0 Å². The van der Waals surface area contributed by atoms with Gasteiger partial charge in [0.1, 0.15) is 0 Å². The minimum Gasteiger partial charge on any atom is -0.477 e. The average Bonchev–Trinajstić information content (AvgIpc) is 2.67. The molecule has 2 aromatic carbocycles. The van der Waals surface area contributed by atoms with Crippen LogP contribution in [-0.4, -0.2) is 55.6 Å². The number of carbonyl (C=O) groups is 1. The number of nitro groups is 1. The number of benzene rings is 2. The molecule has 0 radical (unpaired) electrons. The van der Waals surface area contributed by atoms with Crippen molar-refractivity contribution in [2.45, 2.75) is 0 Å². The van der Waals surface area contributed by atoms with Crippen LogP contribution < -0.4 is 15.0 Å². The van der Waals surface area contributed by atoms with Crippen molar-refractivity contribution in [3.8, 4) is 5.75 Å². The summed E-state index contributed by atoms with van der Waals surface area (Å²) >= 11 is 6.40. The summed E-state index contributed by atoms with van der Waals surface area (Å²) in [5.41, 5.74) is 1.29. The van der Waals surface area contributed by atoms with Crippen molar-refractivity contribution in [3.63, 3.8) is 0 Å². The summed E-state index contributed by atoms with van der Waals surface area (Å²) in [5, 5.41) is 14.2. The van der Waals surface area contributed by atoms with Gasteiger partial charge in [0.25, 0.3) is 5.91 Å². The summed E-state index contributed by atoms with van der Waals surface area (Å²) in [6.45, 7) is 3.38. The maximum Gasteiger partial charge on any atom is 0.310 e. The molecule has 9 heteroatoms.